The van der Waals surface area contributed by atoms with Crippen LogP contribution in [0.15, 0.2) is 30.3 Å². The minimum atomic E-state index is -1.25. The lowest BCUT2D eigenvalue weighted by molar-refractivity contribution is -0.161. The Labute approximate surface area is 106 Å². The lowest BCUT2D eigenvalue weighted by atomic mass is 9.72. The number of carbonyl (C=O) groups is 2. The van der Waals surface area contributed by atoms with Crippen molar-refractivity contribution >= 4 is 11.9 Å². The van der Waals surface area contributed by atoms with Gasteiger partial charge in [0.1, 0.15) is 0 Å². The summed E-state index contributed by atoms with van der Waals surface area (Å²) in [5, 5.41) is 18.6. The molecule has 0 aliphatic carbocycles. The van der Waals surface area contributed by atoms with E-state index in [0.717, 1.165) is 5.56 Å². The first kappa shape index (κ1) is 14.2. The highest BCUT2D eigenvalue weighted by atomic mass is 16.4. The van der Waals surface area contributed by atoms with Crippen LogP contribution in [-0.4, -0.2) is 22.2 Å². The number of carboxylic acid groups (broad SMARTS) is 2. The van der Waals surface area contributed by atoms with Crippen molar-refractivity contribution in [2.45, 2.75) is 26.7 Å². The molecule has 0 aliphatic rings. The standard InChI is InChI=1S/C14H18O4/c1-3-14(2,13(17)18)11(12(15)16)9-10-7-5-4-6-8-10/h4-8,11H,3,9H2,1-2H3,(H,15,16)(H,17,18). The summed E-state index contributed by atoms with van der Waals surface area (Å²) >= 11 is 0. The Kier molecular flexibility index (Phi) is 4.48. The zero-order chi connectivity index (χ0) is 13.8. The van der Waals surface area contributed by atoms with Gasteiger partial charge in [-0.05, 0) is 25.3 Å². The number of hydrogen-bond acceptors (Lipinski definition) is 2. The van der Waals surface area contributed by atoms with Crippen molar-refractivity contribution in [2.75, 3.05) is 0 Å². The normalized spacial score (nSPS) is 15.7. The number of hydrogen-bond donors (Lipinski definition) is 2. The number of aliphatic carboxylic acids is 2. The van der Waals surface area contributed by atoms with Gasteiger partial charge in [0.05, 0.1) is 11.3 Å². The molecule has 0 bridgehead atoms. The molecule has 0 fully saturated rings. The third-order valence-corrected chi connectivity index (χ3v) is 3.57. The van der Waals surface area contributed by atoms with Crippen molar-refractivity contribution < 1.29 is 19.8 Å². The molecule has 2 unspecified atom stereocenters. The van der Waals surface area contributed by atoms with Gasteiger partial charge in [0.2, 0.25) is 0 Å². The van der Waals surface area contributed by atoms with Crippen LogP contribution in [0, 0.1) is 11.3 Å². The van der Waals surface area contributed by atoms with Gasteiger partial charge in [-0.25, -0.2) is 0 Å². The molecule has 18 heavy (non-hydrogen) atoms. The van der Waals surface area contributed by atoms with Gasteiger partial charge in [-0.2, -0.15) is 0 Å². The van der Waals surface area contributed by atoms with E-state index in [4.69, 9.17) is 0 Å². The van der Waals surface area contributed by atoms with Crippen LogP contribution in [0.4, 0.5) is 0 Å². The molecule has 1 rings (SSSR count). The van der Waals surface area contributed by atoms with E-state index in [1.165, 1.54) is 6.92 Å². The second kappa shape index (κ2) is 5.67. The Morgan fingerprint density at radius 2 is 1.78 bits per heavy atom. The van der Waals surface area contributed by atoms with Crippen LogP contribution in [0.1, 0.15) is 25.8 Å². The van der Waals surface area contributed by atoms with E-state index in [2.05, 4.69) is 0 Å². The molecule has 0 aromatic heterocycles. The fraction of sp³-hybridized carbons (Fsp3) is 0.429. The summed E-state index contributed by atoms with van der Waals surface area (Å²) in [7, 11) is 0. The maximum absolute atomic E-state index is 11.4. The number of carboxylic acids is 2. The highest BCUT2D eigenvalue weighted by molar-refractivity contribution is 5.83. The number of rotatable bonds is 6. The molecule has 98 valence electrons. The fourth-order valence-electron chi connectivity index (χ4n) is 1.98. The van der Waals surface area contributed by atoms with Gasteiger partial charge >= 0.3 is 11.9 Å². The zero-order valence-corrected chi connectivity index (χ0v) is 10.6. The molecular formula is C14H18O4. The number of benzene rings is 1. The van der Waals surface area contributed by atoms with Crippen molar-refractivity contribution in [3.05, 3.63) is 35.9 Å². The van der Waals surface area contributed by atoms with E-state index < -0.39 is 23.3 Å². The molecule has 1 aromatic carbocycles. The van der Waals surface area contributed by atoms with E-state index in [0.29, 0.717) is 0 Å². The molecule has 4 nitrogen and oxygen atoms in total. The molecule has 0 saturated heterocycles. The smallest absolute Gasteiger partial charge is 0.310 e. The molecule has 0 heterocycles. The maximum atomic E-state index is 11.4. The van der Waals surface area contributed by atoms with Crippen molar-refractivity contribution in [3.8, 4) is 0 Å². The summed E-state index contributed by atoms with van der Waals surface area (Å²) in [5.41, 5.74) is -0.410. The van der Waals surface area contributed by atoms with Crippen molar-refractivity contribution in [3.63, 3.8) is 0 Å². The topological polar surface area (TPSA) is 74.6 Å². The van der Waals surface area contributed by atoms with Crippen LogP contribution < -0.4 is 0 Å². The van der Waals surface area contributed by atoms with Crippen LogP contribution in [0.5, 0.6) is 0 Å². The van der Waals surface area contributed by atoms with E-state index in [9.17, 15) is 19.8 Å². The van der Waals surface area contributed by atoms with Crippen molar-refractivity contribution in [1.82, 2.24) is 0 Å². The van der Waals surface area contributed by atoms with Crippen LogP contribution in [0.2, 0.25) is 0 Å². The summed E-state index contributed by atoms with van der Waals surface area (Å²) in [4.78, 5) is 22.7. The molecule has 0 radical (unpaired) electrons. The Hall–Kier alpha value is -1.84. The van der Waals surface area contributed by atoms with Gasteiger partial charge in [0, 0.05) is 0 Å². The first-order valence-electron chi connectivity index (χ1n) is 5.92. The summed E-state index contributed by atoms with van der Waals surface area (Å²) in [6, 6.07) is 9.10. The van der Waals surface area contributed by atoms with E-state index in [-0.39, 0.29) is 12.8 Å². The molecule has 0 spiro atoms. The van der Waals surface area contributed by atoms with Gasteiger partial charge in [0.15, 0.2) is 0 Å². The van der Waals surface area contributed by atoms with Crippen LogP contribution in [0.3, 0.4) is 0 Å². The summed E-state index contributed by atoms with van der Waals surface area (Å²) in [5.74, 6) is -3.05. The highest BCUT2D eigenvalue weighted by Gasteiger charge is 2.44. The quantitative estimate of drug-likeness (QED) is 0.813. The van der Waals surface area contributed by atoms with Gasteiger partial charge in [-0.3, -0.25) is 9.59 Å². The van der Waals surface area contributed by atoms with E-state index in [1.54, 1.807) is 6.92 Å². The minimum Gasteiger partial charge on any atom is -0.481 e. The summed E-state index contributed by atoms with van der Waals surface area (Å²) in [6.45, 7) is 3.20. The molecule has 0 amide bonds. The Bertz CT molecular complexity index is 427. The van der Waals surface area contributed by atoms with Crippen LogP contribution in [-0.2, 0) is 16.0 Å². The predicted molar refractivity (Wildman–Crippen MR) is 67.3 cm³/mol. The lowest BCUT2D eigenvalue weighted by Crippen LogP contribution is -2.41. The molecule has 1 aromatic rings. The summed E-state index contributed by atoms with van der Waals surface area (Å²) in [6.07, 6.45) is 0.513. The molecular weight excluding hydrogens is 232 g/mol. The first-order valence-corrected chi connectivity index (χ1v) is 5.92. The van der Waals surface area contributed by atoms with Crippen molar-refractivity contribution in [2.24, 2.45) is 11.3 Å². The Morgan fingerprint density at radius 1 is 1.22 bits per heavy atom. The van der Waals surface area contributed by atoms with Gasteiger partial charge in [0.25, 0.3) is 0 Å². The zero-order valence-electron chi connectivity index (χ0n) is 10.6. The minimum absolute atomic E-state index is 0.229. The van der Waals surface area contributed by atoms with Crippen LogP contribution in [0.25, 0.3) is 0 Å². The van der Waals surface area contributed by atoms with Gasteiger partial charge < -0.3 is 10.2 Å². The van der Waals surface area contributed by atoms with Crippen LogP contribution >= 0.6 is 0 Å². The average Bonchev–Trinajstić information content (AvgIpc) is 2.35. The molecule has 4 heteroatoms. The monoisotopic (exact) mass is 250 g/mol. The van der Waals surface area contributed by atoms with Gasteiger partial charge in [-0.15, -0.1) is 0 Å². The molecule has 0 saturated carbocycles. The third kappa shape index (κ3) is 2.88. The van der Waals surface area contributed by atoms with Crippen molar-refractivity contribution in [1.29, 1.82) is 0 Å². The maximum Gasteiger partial charge on any atom is 0.310 e. The highest BCUT2D eigenvalue weighted by Crippen LogP contribution is 2.34. The average molecular weight is 250 g/mol. The fourth-order valence-corrected chi connectivity index (χ4v) is 1.98. The third-order valence-electron chi connectivity index (χ3n) is 3.57. The predicted octanol–water partition coefficient (Wildman–Crippen LogP) is 2.43. The second-order valence-corrected chi connectivity index (χ2v) is 4.66. The van der Waals surface area contributed by atoms with Gasteiger partial charge in [-0.1, -0.05) is 37.3 Å². The molecule has 2 atom stereocenters. The van der Waals surface area contributed by atoms with E-state index >= 15 is 0 Å². The molecule has 2 N–H and O–H groups in total. The van der Waals surface area contributed by atoms with E-state index in [1.807, 2.05) is 30.3 Å². The second-order valence-electron chi connectivity index (χ2n) is 4.66. The summed E-state index contributed by atoms with van der Waals surface area (Å²) < 4.78 is 0. The Morgan fingerprint density at radius 3 is 2.17 bits per heavy atom. The first-order chi connectivity index (χ1) is 8.41. The largest absolute Gasteiger partial charge is 0.481 e. The Balaban J connectivity index is 3.04. The molecule has 0 aliphatic heterocycles. The lowest BCUT2D eigenvalue weighted by Gasteiger charge is -2.30. The SMILES string of the molecule is CCC(C)(C(=O)O)C(Cc1ccccc1)C(=O)O.